The second-order valence-corrected chi connectivity index (χ2v) is 4.97. The van der Waals surface area contributed by atoms with Gasteiger partial charge in [0.2, 0.25) is 0 Å². The Hall–Kier alpha value is -2.10. The van der Waals surface area contributed by atoms with E-state index < -0.39 is 0 Å². The molecular weight excluding hydrogens is 238 g/mol. The summed E-state index contributed by atoms with van der Waals surface area (Å²) in [6.07, 6.45) is 3.19. The van der Waals surface area contributed by atoms with Crippen LogP contribution in [0.25, 0.3) is 0 Å². The third-order valence-electron chi connectivity index (χ3n) is 3.12. The van der Waals surface area contributed by atoms with E-state index in [9.17, 15) is 4.79 Å². The Bertz CT molecular complexity index is 572. The smallest absolute Gasteiger partial charge is 0.269 e. The van der Waals surface area contributed by atoms with Gasteiger partial charge in [0, 0.05) is 13.6 Å². The SMILES string of the molecule is CC(C)c1cccc(CNC(=O)c2cncn2C)c1. The number of hydrogen-bond donors (Lipinski definition) is 1. The maximum Gasteiger partial charge on any atom is 0.269 e. The largest absolute Gasteiger partial charge is 0.347 e. The first-order valence-electron chi connectivity index (χ1n) is 6.41. The van der Waals surface area contributed by atoms with Gasteiger partial charge in [-0.2, -0.15) is 0 Å². The number of aromatic nitrogens is 2. The molecule has 1 heterocycles. The quantitative estimate of drug-likeness (QED) is 0.914. The first kappa shape index (κ1) is 13.3. The van der Waals surface area contributed by atoms with Crippen molar-refractivity contribution >= 4 is 5.91 Å². The fourth-order valence-corrected chi connectivity index (χ4v) is 1.91. The fourth-order valence-electron chi connectivity index (χ4n) is 1.91. The Morgan fingerprint density at radius 2 is 2.21 bits per heavy atom. The Morgan fingerprint density at radius 1 is 1.42 bits per heavy atom. The molecule has 0 aliphatic rings. The molecule has 100 valence electrons. The Balaban J connectivity index is 2.01. The number of amides is 1. The minimum absolute atomic E-state index is 0.102. The summed E-state index contributed by atoms with van der Waals surface area (Å²) in [7, 11) is 1.81. The maximum atomic E-state index is 11.9. The molecule has 2 rings (SSSR count). The number of imidazole rings is 1. The molecule has 4 heteroatoms. The lowest BCUT2D eigenvalue weighted by molar-refractivity contribution is 0.0942. The zero-order valence-electron chi connectivity index (χ0n) is 11.6. The predicted molar refractivity (Wildman–Crippen MR) is 74.9 cm³/mol. The van der Waals surface area contributed by atoms with E-state index in [1.165, 1.54) is 5.56 Å². The van der Waals surface area contributed by atoms with Crippen molar-refractivity contribution in [2.75, 3.05) is 0 Å². The summed E-state index contributed by atoms with van der Waals surface area (Å²) in [4.78, 5) is 15.9. The number of benzene rings is 1. The normalized spacial score (nSPS) is 10.7. The summed E-state index contributed by atoms with van der Waals surface area (Å²) in [5.74, 6) is 0.391. The fraction of sp³-hybridized carbons (Fsp3) is 0.333. The van der Waals surface area contributed by atoms with Crippen LogP contribution in [0.2, 0.25) is 0 Å². The summed E-state index contributed by atoms with van der Waals surface area (Å²) in [6.45, 7) is 4.85. The number of carbonyl (C=O) groups is 1. The van der Waals surface area contributed by atoms with Crippen molar-refractivity contribution in [2.45, 2.75) is 26.3 Å². The number of nitrogens with zero attached hydrogens (tertiary/aromatic N) is 2. The van der Waals surface area contributed by atoms with E-state index in [0.717, 1.165) is 5.56 Å². The molecule has 0 radical (unpaired) electrons. The van der Waals surface area contributed by atoms with Crippen molar-refractivity contribution in [3.05, 3.63) is 53.6 Å². The van der Waals surface area contributed by atoms with E-state index in [2.05, 4.69) is 36.3 Å². The van der Waals surface area contributed by atoms with E-state index in [-0.39, 0.29) is 5.91 Å². The van der Waals surface area contributed by atoms with Crippen molar-refractivity contribution in [2.24, 2.45) is 7.05 Å². The van der Waals surface area contributed by atoms with Crippen molar-refractivity contribution in [1.29, 1.82) is 0 Å². The zero-order valence-corrected chi connectivity index (χ0v) is 11.6. The van der Waals surface area contributed by atoms with Crippen LogP contribution in [0.3, 0.4) is 0 Å². The van der Waals surface area contributed by atoms with E-state index in [1.807, 2.05) is 12.1 Å². The summed E-state index contributed by atoms with van der Waals surface area (Å²) in [6, 6.07) is 8.29. The lowest BCUT2D eigenvalue weighted by atomic mass is 10.0. The molecule has 1 amide bonds. The standard InChI is InChI=1S/C15H19N3O/c1-11(2)13-6-4-5-12(7-13)8-17-15(19)14-9-16-10-18(14)3/h4-7,9-11H,8H2,1-3H3,(H,17,19). The molecule has 0 saturated carbocycles. The molecule has 1 aromatic carbocycles. The molecule has 0 saturated heterocycles. The minimum atomic E-state index is -0.102. The van der Waals surface area contributed by atoms with Gasteiger partial charge in [-0.25, -0.2) is 4.98 Å². The average molecular weight is 257 g/mol. The zero-order chi connectivity index (χ0) is 13.8. The molecule has 0 fully saturated rings. The Morgan fingerprint density at radius 3 is 2.84 bits per heavy atom. The van der Waals surface area contributed by atoms with Gasteiger partial charge >= 0.3 is 0 Å². The van der Waals surface area contributed by atoms with Gasteiger partial charge in [0.15, 0.2) is 0 Å². The molecule has 0 atom stereocenters. The number of aryl methyl sites for hydroxylation is 1. The molecule has 0 unspecified atom stereocenters. The molecule has 0 aliphatic carbocycles. The summed E-state index contributed by atoms with van der Waals surface area (Å²) < 4.78 is 1.71. The first-order valence-corrected chi connectivity index (χ1v) is 6.41. The van der Waals surface area contributed by atoms with Crippen molar-refractivity contribution in [3.8, 4) is 0 Å². The highest BCUT2D eigenvalue weighted by molar-refractivity contribution is 5.92. The van der Waals surface area contributed by atoms with Crippen molar-refractivity contribution in [3.63, 3.8) is 0 Å². The molecule has 1 N–H and O–H groups in total. The number of hydrogen-bond acceptors (Lipinski definition) is 2. The van der Waals surface area contributed by atoms with Crippen LogP contribution in [0.5, 0.6) is 0 Å². The van der Waals surface area contributed by atoms with Crippen LogP contribution in [-0.4, -0.2) is 15.5 Å². The van der Waals surface area contributed by atoms with Gasteiger partial charge in [0.1, 0.15) is 5.69 Å². The maximum absolute atomic E-state index is 11.9. The van der Waals surface area contributed by atoms with Gasteiger partial charge < -0.3 is 9.88 Å². The second-order valence-electron chi connectivity index (χ2n) is 4.97. The third-order valence-corrected chi connectivity index (χ3v) is 3.12. The molecule has 0 aliphatic heterocycles. The lowest BCUT2D eigenvalue weighted by Gasteiger charge is -2.09. The van der Waals surface area contributed by atoms with E-state index >= 15 is 0 Å². The van der Waals surface area contributed by atoms with Crippen molar-refractivity contribution < 1.29 is 4.79 Å². The Kier molecular flexibility index (Phi) is 4.00. The molecule has 2 aromatic rings. The summed E-state index contributed by atoms with van der Waals surface area (Å²) in [5.41, 5.74) is 2.97. The lowest BCUT2D eigenvalue weighted by Crippen LogP contribution is -2.24. The monoisotopic (exact) mass is 257 g/mol. The highest BCUT2D eigenvalue weighted by Gasteiger charge is 2.09. The number of carbonyl (C=O) groups excluding carboxylic acids is 1. The van der Waals surface area contributed by atoms with E-state index in [4.69, 9.17) is 0 Å². The number of nitrogens with one attached hydrogen (secondary N) is 1. The summed E-state index contributed by atoms with van der Waals surface area (Å²) >= 11 is 0. The van der Waals surface area contributed by atoms with Gasteiger partial charge in [-0.3, -0.25) is 4.79 Å². The van der Waals surface area contributed by atoms with Gasteiger partial charge in [0.05, 0.1) is 12.5 Å². The topological polar surface area (TPSA) is 46.9 Å². The van der Waals surface area contributed by atoms with E-state index in [0.29, 0.717) is 18.2 Å². The highest BCUT2D eigenvalue weighted by atomic mass is 16.1. The third kappa shape index (κ3) is 3.22. The first-order chi connectivity index (χ1) is 9.08. The van der Waals surface area contributed by atoms with Crippen LogP contribution in [0.4, 0.5) is 0 Å². The average Bonchev–Trinajstić information content (AvgIpc) is 2.82. The molecule has 4 nitrogen and oxygen atoms in total. The minimum Gasteiger partial charge on any atom is -0.347 e. The van der Waals surface area contributed by atoms with Crippen molar-refractivity contribution in [1.82, 2.24) is 14.9 Å². The molecule has 0 bridgehead atoms. The molecule has 19 heavy (non-hydrogen) atoms. The van der Waals surface area contributed by atoms with Crippen LogP contribution in [0.1, 0.15) is 41.4 Å². The van der Waals surface area contributed by atoms with Crippen LogP contribution >= 0.6 is 0 Å². The van der Waals surface area contributed by atoms with Gasteiger partial charge in [-0.15, -0.1) is 0 Å². The number of rotatable bonds is 4. The van der Waals surface area contributed by atoms with Crippen LogP contribution in [0, 0.1) is 0 Å². The molecular formula is C15H19N3O. The van der Waals surface area contributed by atoms with Gasteiger partial charge in [-0.1, -0.05) is 38.1 Å². The predicted octanol–water partition coefficient (Wildman–Crippen LogP) is 2.47. The van der Waals surface area contributed by atoms with E-state index in [1.54, 1.807) is 24.1 Å². The highest BCUT2D eigenvalue weighted by Crippen LogP contribution is 2.15. The van der Waals surface area contributed by atoms with Crippen LogP contribution in [0.15, 0.2) is 36.8 Å². The Labute approximate surface area is 113 Å². The van der Waals surface area contributed by atoms with Gasteiger partial charge in [0.25, 0.3) is 5.91 Å². The van der Waals surface area contributed by atoms with Crippen LogP contribution in [-0.2, 0) is 13.6 Å². The van der Waals surface area contributed by atoms with Crippen LogP contribution < -0.4 is 5.32 Å². The molecule has 1 aromatic heterocycles. The second kappa shape index (κ2) is 5.69. The van der Waals surface area contributed by atoms with Gasteiger partial charge in [-0.05, 0) is 17.0 Å². The molecule has 0 spiro atoms. The summed E-state index contributed by atoms with van der Waals surface area (Å²) in [5, 5.41) is 2.91.